The van der Waals surface area contributed by atoms with Crippen molar-refractivity contribution in [3.63, 3.8) is 0 Å². The van der Waals surface area contributed by atoms with Crippen molar-refractivity contribution in [2.75, 3.05) is 7.11 Å². The van der Waals surface area contributed by atoms with Crippen LogP contribution in [0.1, 0.15) is 0 Å². The van der Waals surface area contributed by atoms with Crippen molar-refractivity contribution in [2.45, 2.75) is 9.79 Å². The third-order valence-electron chi connectivity index (χ3n) is 3.31. The first kappa shape index (κ1) is 14.3. The van der Waals surface area contributed by atoms with E-state index in [-0.39, 0.29) is 15.2 Å². The highest BCUT2D eigenvalue weighted by Crippen LogP contribution is 2.22. The van der Waals surface area contributed by atoms with Crippen LogP contribution >= 0.6 is 0 Å². The van der Waals surface area contributed by atoms with Gasteiger partial charge in [0.05, 0.1) is 17.4 Å². The fraction of sp³-hybridized carbons (Fsp3) is 0.0625. The number of ether oxygens (including phenoxy) is 1. The molecule has 0 aliphatic rings. The zero-order valence-corrected chi connectivity index (χ0v) is 12.5. The molecule has 0 bridgehead atoms. The van der Waals surface area contributed by atoms with E-state index in [0.29, 0.717) is 11.3 Å². The minimum absolute atomic E-state index is 0.0101. The predicted molar refractivity (Wildman–Crippen MR) is 80.9 cm³/mol. The number of methoxy groups -OCH3 is 1. The second-order valence-corrected chi connectivity index (χ2v) is 6.52. The van der Waals surface area contributed by atoms with Gasteiger partial charge in [0.25, 0.3) is 0 Å². The molecule has 6 heteroatoms. The van der Waals surface area contributed by atoms with Gasteiger partial charge in [-0.15, -0.1) is 0 Å². The maximum absolute atomic E-state index is 12.6. The summed E-state index contributed by atoms with van der Waals surface area (Å²) >= 11 is 0. The number of fused-ring (bicyclic) bond motifs is 1. The molecule has 0 aliphatic carbocycles. The molecule has 1 heterocycles. The van der Waals surface area contributed by atoms with E-state index in [0.717, 1.165) is 6.26 Å². The quantitative estimate of drug-likeness (QED) is 0.742. The fourth-order valence-corrected chi connectivity index (χ4v) is 3.40. The standard InChI is InChI=1S/C16H12O5S/c1-20-11-6-8-12(9-7-11)22(18,19)15-10-21-14-5-3-2-4-13(14)16(15)17/h2-10H,1H3. The molecule has 0 amide bonds. The molecule has 5 nitrogen and oxygen atoms in total. The van der Waals surface area contributed by atoms with Crippen LogP contribution in [0.4, 0.5) is 0 Å². The van der Waals surface area contributed by atoms with Gasteiger partial charge in [0.2, 0.25) is 15.3 Å². The van der Waals surface area contributed by atoms with Gasteiger partial charge in [-0.2, -0.15) is 0 Å². The lowest BCUT2D eigenvalue weighted by Crippen LogP contribution is -2.15. The number of sulfone groups is 1. The van der Waals surface area contributed by atoms with Crippen LogP contribution in [0.5, 0.6) is 5.75 Å². The Morgan fingerprint density at radius 2 is 1.68 bits per heavy atom. The van der Waals surface area contributed by atoms with Gasteiger partial charge in [0.1, 0.15) is 17.6 Å². The molecule has 3 rings (SSSR count). The van der Waals surface area contributed by atoms with Crippen molar-refractivity contribution in [3.05, 3.63) is 65.0 Å². The summed E-state index contributed by atoms with van der Waals surface area (Å²) in [5.41, 5.74) is -0.223. The van der Waals surface area contributed by atoms with Gasteiger partial charge in [-0.25, -0.2) is 8.42 Å². The van der Waals surface area contributed by atoms with Gasteiger partial charge < -0.3 is 9.15 Å². The average molecular weight is 316 g/mol. The van der Waals surface area contributed by atoms with Crippen molar-refractivity contribution in [2.24, 2.45) is 0 Å². The topological polar surface area (TPSA) is 73.6 Å². The molecule has 0 N–H and O–H groups in total. The van der Waals surface area contributed by atoms with E-state index in [4.69, 9.17) is 9.15 Å². The molecule has 0 atom stereocenters. The van der Waals surface area contributed by atoms with Crippen LogP contribution < -0.4 is 10.2 Å². The fourth-order valence-electron chi connectivity index (χ4n) is 2.13. The third-order valence-corrected chi connectivity index (χ3v) is 5.06. The third kappa shape index (κ3) is 2.27. The lowest BCUT2D eigenvalue weighted by atomic mass is 10.2. The Balaban J connectivity index is 2.20. The predicted octanol–water partition coefficient (Wildman–Crippen LogP) is 2.63. The number of hydrogen-bond donors (Lipinski definition) is 0. The SMILES string of the molecule is COc1ccc(S(=O)(=O)c2coc3ccccc3c2=O)cc1. The van der Waals surface area contributed by atoms with E-state index < -0.39 is 15.3 Å². The molecule has 0 saturated carbocycles. The van der Waals surface area contributed by atoms with Crippen molar-refractivity contribution < 1.29 is 17.6 Å². The molecule has 0 spiro atoms. The number of rotatable bonds is 3. The zero-order valence-electron chi connectivity index (χ0n) is 11.6. The lowest BCUT2D eigenvalue weighted by Gasteiger charge is -2.06. The molecule has 0 saturated heterocycles. The Kier molecular flexibility index (Phi) is 3.46. The molecule has 0 aliphatic heterocycles. The van der Waals surface area contributed by atoms with E-state index >= 15 is 0 Å². The largest absolute Gasteiger partial charge is 0.497 e. The Morgan fingerprint density at radius 3 is 2.36 bits per heavy atom. The normalized spacial score (nSPS) is 11.5. The van der Waals surface area contributed by atoms with E-state index in [1.54, 1.807) is 18.2 Å². The highest BCUT2D eigenvalue weighted by atomic mass is 32.2. The summed E-state index contributed by atoms with van der Waals surface area (Å²) < 4.78 is 35.5. The zero-order chi connectivity index (χ0) is 15.7. The number of para-hydroxylation sites is 1. The highest BCUT2D eigenvalue weighted by molar-refractivity contribution is 7.91. The van der Waals surface area contributed by atoms with Gasteiger partial charge in [-0.3, -0.25) is 4.79 Å². The Morgan fingerprint density at radius 1 is 1.00 bits per heavy atom. The molecular formula is C16H12O5S. The van der Waals surface area contributed by atoms with Crippen LogP contribution in [0.15, 0.2) is 73.8 Å². The molecule has 2 aromatic carbocycles. The first-order valence-corrected chi connectivity index (χ1v) is 7.92. The minimum Gasteiger partial charge on any atom is -0.497 e. The van der Waals surface area contributed by atoms with Crippen LogP contribution in [-0.4, -0.2) is 15.5 Å². The van der Waals surface area contributed by atoms with E-state index in [1.165, 1.54) is 37.4 Å². The Hall–Kier alpha value is -2.60. The maximum Gasteiger partial charge on any atom is 0.213 e. The highest BCUT2D eigenvalue weighted by Gasteiger charge is 2.23. The van der Waals surface area contributed by atoms with Gasteiger partial charge >= 0.3 is 0 Å². The van der Waals surface area contributed by atoms with Gasteiger partial charge in [-0.05, 0) is 36.4 Å². The van der Waals surface area contributed by atoms with E-state index in [2.05, 4.69) is 0 Å². The van der Waals surface area contributed by atoms with E-state index in [9.17, 15) is 13.2 Å². The molecule has 1 aromatic heterocycles. The summed E-state index contributed by atoms with van der Waals surface area (Å²) in [5, 5.41) is 0.233. The summed E-state index contributed by atoms with van der Waals surface area (Å²) in [7, 11) is -2.46. The van der Waals surface area contributed by atoms with Gasteiger partial charge in [0.15, 0.2) is 4.90 Å². The van der Waals surface area contributed by atoms with Crippen LogP contribution in [-0.2, 0) is 9.84 Å². The monoisotopic (exact) mass is 316 g/mol. The molecule has 0 radical (unpaired) electrons. The van der Waals surface area contributed by atoms with Crippen LogP contribution in [0.3, 0.4) is 0 Å². The smallest absolute Gasteiger partial charge is 0.213 e. The number of hydrogen-bond acceptors (Lipinski definition) is 5. The molecule has 112 valence electrons. The van der Waals surface area contributed by atoms with Crippen LogP contribution in [0, 0.1) is 0 Å². The molecule has 3 aromatic rings. The lowest BCUT2D eigenvalue weighted by molar-refractivity contribution is 0.414. The summed E-state index contributed by atoms with van der Waals surface area (Å²) in [6.07, 6.45) is 0.990. The maximum atomic E-state index is 12.6. The molecule has 0 fully saturated rings. The summed E-state index contributed by atoms with van der Waals surface area (Å²) in [6.45, 7) is 0. The van der Waals surface area contributed by atoms with Crippen LogP contribution in [0.25, 0.3) is 11.0 Å². The van der Waals surface area contributed by atoms with Crippen molar-refractivity contribution in [3.8, 4) is 5.75 Å². The summed E-state index contributed by atoms with van der Waals surface area (Å²) in [5.74, 6) is 0.532. The minimum atomic E-state index is -3.95. The average Bonchev–Trinajstić information content (AvgIpc) is 2.55. The van der Waals surface area contributed by atoms with Crippen molar-refractivity contribution in [1.82, 2.24) is 0 Å². The molecular weight excluding hydrogens is 304 g/mol. The van der Waals surface area contributed by atoms with Crippen molar-refractivity contribution >= 4 is 20.8 Å². The van der Waals surface area contributed by atoms with Gasteiger partial charge in [-0.1, -0.05) is 12.1 Å². The second kappa shape index (κ2) is 5.31. The Labute approximate surface area is 126 Å². The molecule has 22 heavy (non-hydrogen) atoms. The van der Waals surface area contributed by atoms with Crippen LogP contribution in [0.2, 0.25) is 0 Å². The summed E-state index contributed by atoms with van der Waals surface area (Å²) in [6, 6.07) is 12.3. The summed E-state index contributed by atoms with van der Waals surface area (Å²) in [4.78, 5) is 12.0. The first-order chi connectivity index (χ1) is 10.5. The van der Waals surface area contributed by atoms with Crippen molar-refractivity contribution in [1.29, 1.82) is 0 Å². The van der Waals surface area contributed by atoms with E-state index in [1.807, 2.05) is 0 Å². The Bertz CT molecular complexity index is 985. The number of benzene rings is 2. The molecule has 0 unspecified atom stereocenters. The van der Waals surface area contributed by atoms with Gasteiger partial charge in [0, 0.05) is 0 Å². The second-order valence-electron chi connectivity index (χ2n) is 4.60. The first-order valence-electron chi connectivity index (χ1n) is 6.44.